The van der Waals surface area contributed by atoms with Crippen molar-refractivity contribution in [3.63, 3.8) is 0 Å². The lowest BCUT2D eigenvalue weighted by molar-refractivity contribution is 1.09. The summed E-state index contributed by atoms with van der Waals surface area (Å²) < 4.78 is 2.00. The monoisotopic (exact) mass is 319 g/mol. The van der Waals surface area contributed by atoms with Gasteiger partial charge < -0.3 is 10.2 Å². The number of H-pyrrole nitrogens is 1. The number of nitrogens with zero attached hydrogens (tertiary/aromatic N) is 5. The molecule has 7 nitrogen and oxygen atoms in total. The van der Waals surface area contributed by atoms with Gasteiger partial charge in [-0.15, -0.1) is 0 Å². The van der Waals surface area contributed by atoms with Crippen molar-refractivity contribution < 1.29 is 0 Å². The molecule has 0 aliphatic heterocycles. The van der Waals surface area contributed by atoms with E-state index in [0.29, 0.717) is 5.82 Å². The largest absolute Gasteiger partial charge is 0.378 e. The fourth-order valence-corrected chi connectivity index (χ4v) is 2.61. The maximum absolute atomic E-state index is 4.51. The van der Waals surface area contributed by atoms with Crippen molar-refractivity contribution >= 4 is 22.8 Å². The first-order chi connectivity index (χ1) is 11.7. The average molecular weight is 319 g/mol. The van der Waals surface area contributed by atoms with Crippen LogP contribution in [0.4, 0.5) is 17.2 Å². The smallest absolute Gasteiger partial charge is 0.180 e. The average Bonchev–Trinajstić information content (AvgIpc) is 3.24. The highest BCUT2D eigenvalue weighted by Crippen LogP contribution is 2.25. The molecule has 3 aromatic heterocycles. The molecule has 4 rings (SSSR count). The molecule has 120 valence electrons. The van der Waals surface area contributed by atoms with E-state index in [2.05, 4.69) is 42.5 Å². The van der Waals surface area contributed by atoms with Crippen LogP contribution >= 0.6 is 0 Å². The van der Waals surface area contributed by atoms with Crippen molar-refractivity contribution in [3.8, 4) is 11.3 Å². The Morgan fingerprint density at radius 3 is 2.88 bits per heavy atom. The molecule has 0 radical (unpaired) electrons. The van der Waals surface area contributed by atoms with Crippen LogP contribution in [0.15, 0.2) is 55.2 Å². The first-order valence-electron chi connectivity index (χ1n) is 7.58. The van der Waals surface area contributed by atoms with Gasteiger partial charge in [0.2, 0.25) is 0 Å². The maximum atomic E-state index is 4.51. The molecule has 0 amide bonds. The number of fused-ring (bicyclic) bond motifs is 1. The van der Waals surface area contributed by atoms with E-state index in [9.17, 15) is 0 Å². The zero-order chi connectivity index (χ0) is 16.5. The number of aromatic amines is 1. The van der Waals surface area contributed by atoms with Crippen LogP contribution in [0.25, 0.3) is 16.9 Å². The minimum atomic E-state index is 0.711. The Balaban J connectivity index is 1.74. The van der Waals surface area contributed by atoms with Crippen molar-refractivity contribution in [3.05, 3.63) is 55.2 Å². The second kappa shape index (κ2) is 5.69. The zero-order valence-electron chi connectivity index (χ0n) is 13.4. The molecule has 0 aliphatic carbocycles. The maximum Gasteiger partial charge on any atom is 0.180 e. The highest BCUT2D eigenvalue weighted by molar-refractivity contribution is 5.74. The second-order valence-corrected chi connectivity index (χ2v) is 5.67. The standard InChI is InChI=1S/C17H17N7/c1-23(2)14-5-3-4-13(8-14)22-16-17-19-11-15(12-9-20-21-10-12)24(17)7-6-18-16/h3-11H,1-2H3,(H,18,22)(H,20,21). The Hall–Kier alpha value is -3.35. The van der Waals surface area contributed by atoms with Crippen LogP contribution in [-0.2, 0) is 0 Å². The molecule has 0 bridgehead atoms. The first-order valence-corrected chi connectivity index (χ1v) is 7.58. The van der Waals surface area contributed by atoms with Crippen LogP contribution in [0.5, 0.6) is 0 Å². The summed E-state index contributed by atoms with van der Waals surface area (Å²) in [4.78, 5) is 11.0. The van der Waals surface area contributed by atoms with Gasteiger partial charge in [-0.3, -0.25) is 9.50 Å². The molecule has 24 heavy (non-hydrogen) atoms. The van der Waals surface area contributed by atoms with Gasteiger partial charge in [-0.05, 0) is 18.2 Å². The van der Waals surface area contributed by atoms with Crippen LogP contribution in [0.2, 0.25) is 0 Å². The summed E-state index contributed by atoms with van der Waals surface area (Å²) in [7, 11) is 4.04. The van der Waals surface area contributed by atoms with Gasteiger partial charge in [-0.25, -0.2) is 9.97 Å². The second-order valence-electron chi connectivity index (χ2n) is 5.67. The van der Waals surface area contributed by atoms with Crippen LogP contribution < -0.4 is 10.2 Å². The predicted octanol–water partition coefficient (Wildman–Crippen LogP) is 2.93. The molecule has 0 saturated heterocycles. The molecular weight excluding hydrogens is 302 g/mol. The van der Waals surface area contributed by atoms with E-state index in [-0.39, 0.29) is 0 Å². The number of rotatable bonds is 4. The summed E-state index contributed by atoms with van der Waals surface area (Å²) in [6.45, 7) is 0. The lowest BCUT2D eigenvalue weighted by atomic mass is 10.2. The zero-order valence-corrected chi connectivity index (χ0v) is 13.4. The van der Waals surface area contributed by atoms with E-state index in [1.165, 1.54) is 0 Å². The third kappa shape index (κ3) is 2.45. The van der Waals surface area contributed by atoms with E-state index >= 15 is 0 Å². The van der Waals surface area contributed by atoms with E-state index in [1.807, 2.05) is 49.2 Å². The highest BCUT2D eigenvalue weighted by Gasteiger charge is 2.11. The Bertz CT molecular complexity index is 970. The number of benzene rings is 1. The van der Waals surface area contributed by atoms with E-state index in [4.69, 9.17) is 0 Å². The molecule has 4 aromatic rings. The van der Waals surface area contributed by atoms with Crippen molar-refractivity contribution in [1.29, 1.82) is 0 Å². The molecule has 0 aliphatic rings. The molecule has 0 unspecified atom stereocenters. The van der Waals surface area contributed by atoms with E-state index in [1.54, 1.807) is 12.4 Å². The van der Waals surface area contributed by atoms with Gasteiger partial charge in [0, 0.05) is 49.6 Å². The van der Waals surface area contributed by atoms with Gasteiger partial charge in [0.25, 0.3) is 0 Å². The number of imidazole rings is 1. The molecule has 3 heterocycles. The third-order valence-corrected chi connectivity index (χ3v) is 3.85. The van der Waals surface area contributed by atoms with Crippen LogP contribution in [0, 0.1) is 0 Å². The molecule has 0 fully saturated rings. The Morgan fingerprint density at radius 2 is 2.08 bits per heavy atom. The van der Waals surface area contributed by atoms with Crippen molar-refractivity contribution in [2.24, 2.45) is 0 Å². The first kappa shape index (κ1) is 14.3. The summed E-state index contributed by atoms with van der Waals surface area (Å²) in [6, 6.07) is 8.16. The molecule has 7 heteroatoms. The minimum Gasteiger partial charge on any atom is -0.378 e. The van der Waals surface area contributed by atoms with Gasteiger partial charge >= 0.3 is 0 Å². The summed E-state index contributed by atoms with van der Waals surface area (Å²) >= 11 is 0. The number of nitrogens with one attached hydrogen (secondary N) is 2. The Labute approximate surface area is 139 Å². The third-order valence-electron chi connectivity index (χ3n) is 3.85. The lowest BCUT2D eigenvalue weighted by Gasteiger charge is -2.14. The van der Waals surface area contributed by atoms with Crippen molar-refractivity contribution in [1.82, 2.24) is 24.6 Å². The fourth-order valence-electron chi connectivity index (χ4n) is 2.61. The molecule has 0 atom stereocenters. The lowest BCUT2D eigenvalue weighted by Crippen LogP contribution is -2.08. The molecule has 0 saturated carbocycles. The highest BCUT2D eigenvalue weighted by atomic mass is 15.1. The van der Waals surface area contributed by atoms with Crippen molar-refractivity contribution in [2.75, 3.05) is 24.3 Å². The number of hydrogen-bond donors (Lipinski definition) is 2. The van der Waals surface area contributed by atoms with Crippen LogP contribution in [0.1, 0.15) is 0 Å². The van der Waals surface area contributed by atoms with Crippen molar-refractivity contribution in [2.45, 2.75) is 0 Å². The summed E-state index contributed by atoms with van der Waals surface area (Å²) in [5, 5.41) is 10.2. The number of hydrogen-bond acceptors (Lipinski definition) is 5. The predicted molar refractivity (Wildman–Crippen MR) is 94.6 cm³/mol. The Morgan fingerprint density at radius 1 is 1.17 bits per heavy atom. The minimum absolute atomic E-state index is 0.711. The summed E-state index contributed by atoms with van der Waals surface area (Å²) in [5.74, 6) is 0.711. The fraction of sp³-hybridized carbons (Fsp3) is 0.118. The van der Waals surface area contributed by atoms with Crippen LogP contribution in [0.3, 0.4) is 0 Å². The molecule has 1 aromatic carbocycles. The molecule has 2 N–H and O–H groups in total. The number of aromatic nitrogens is 5. The summed E-state index contributed by atoms with van der Waals surface area (Å²) in [6.07, 6.45) is 9.10. The molecule has 0 spiro atoms. The topological polar surface area (TPSA) is 74.1 Å². The SMILES string of the molecule is CN(C)c1cccc(Nc2nccn3c(-c4cn[nH]c4)cnc23)c1. The Kier molecular flexibility index (Phi) is 3.38. The molecular formula is C17H17N7. The van der Waals surface area contributed by atoms with Gasteiger partial charge in [0.05, 0.1) is 18.1 Å². The summed E-state index contributed by atoms with van der Waals surface area (Å²) in [5.41, 5.74) is 4.80. The van der Waals surface area contributed by atoms with E-state index in [0.717, 1.165) is 28.3 Å². The normalized spacial score (nSPS) is 10.9. The van der Waals surface area contributed by atoms with Gasteiger partial charge in [-0.1, -0.05) is 6.07 Å². The van der Waals surface area contributed by atoms with Crippen LogP contribution in [-0.4, -0.2) is 38.7 Å². The quantitative estimate of drug-likeness (QED) is 0.605. The van der Waals surface area contributed by atoms with Gasteiger partial charge in [-0.2, -0.15) is 5.10 Å². The van der Waals surface area contributed by atoms with Gasteiger partial charge in [0.1, 0.15) is 0 Å². The van der Waals surface area contributed by atoms with E-state index < -0.39 is 0 Å². The van der Waals surface area contributed by atoms with Gasteiger partial charge in [0.15, 0.2) is 11.5 Å². The number of anilines is 3.